The van der Waals surface area contributed by atoms with Crippen molar-refractivity contribution in [2.24, 2.45) is 0 Å². The van der Waals surface area contributed by atoms with Gasteiger partial charge in [-0.15, -0.1) is 0 Å². The average Bonchev–Trinajstić information content (AvgIpc) is 3.16. The van der Waals surface area contributed by atoms with Gasteiger partial charge in [0.25, 0.3) is 0 Å². The predicted octanol–water partition coefficient (Wildman–Crippen LogP) is 1.45. The summed E-state index contributed by atoms with van der Waals surface area (Å²) in [5.74, 6) is 0.806. The summed E-state index contributed by atoms with van der Waals surface area (Å²) in [6.07, 6.45) is 2.08. The summed E-state index contributed by atoms with van der Waals surface area (Å²) in [5.41, 5.74) is 2.18. The number of carbonyl (C=O) groups excluding carboxylic acids is 1. The zero-order chi connectivity index (χ0) is 17.1. The number of rotatable bonds is 6. The van der Waals surface area contributed by atoms with Gasteiger partial charge in [-0.25, -0.2) is 0 Å². The Hall–Kier alpha value is -2.12. The molecule has 0 N–H and O–H groups in total. The molecular weight excluding hydrogens is 308 g/mol. The number of hydrogen-bond donors (Lipinski definition) is 0. The summed E-state index contributed by atoms with van der Waals surface area (Å²) in [7, 11) is 3.47. The number of aromatic nitrogens is 2. The molecule has 0 saturated carbocycles. The summed E-state index contributed by atoms with van der Waals surface area (Å²) in [5, 5.41) is 4.08. The maximum atomic E-state index is 11.7. The lowest BCUT2D eigenvalue weighted by Crippen LogP contribution is -2.39. The highest BCUT2D eigenvalue weighted by molar-refractivity contribution is 5.76. The maximum absolute atomic E-state index is 11.7. The fourth-order valence-electron chi connectivity index (χ4n) is 2.99. The fourth-order valence-corrected chi connectivity index (χ4v) is 2.99. The van der Waals surface area contributed by atoms with Crippen molar-refractivity contribution < 1.29 is 14.1 Å². The number of ether oxygens (including phenoxy) is 1. The van der Waals surface area contributed by atoms with E-state index in [2.05, 4.69) is 33.0 Å². The van der Waals surface area contributed by atoms with E-state index >= 15 is 0 Å². The Bertz CT molecular complexity index is 692. The molecular formula is C17H24N4O3. The molecule has 0 radical (unpaired) electrons. The van der Waals surface area contributed by atoms with Gasteiger partial charge in [-0.1, -0.05) is 5.16 Å². The van der Waals surface area contributed by atoms with Crippen molar-refractivity contribution in [1.82, 2.24) is 19.5 Å². The summed E-state index contributed by atoms with van der Waals surface area (Å²) in [6, 6.07) is 6.33. The van der Waals surface area contributed by atoms with Crippen LogP contribution in [0.5, 0.6) is 0 Å². The number of amides is 1. The van der Waals surface area contributed by atoms with Gasteiger partial charge in [0.05, 0.1) is 18.3 Å². The lowest BCUT2D eigenvalue weighted by Gasteiger charge is -2.34. The summed E-state index contributed by atoms with van der Waals surface area (Å²) in [6.45, 7) is 4.99. The van der Waals surface area contributed by atoms with Crippen molar-refractivity contribution in [2.75, 3.05) is 33.9 Å². The molecule has 1 aliphatic heterocycles. The van der Waals surface area contributed by atoms with Crippen LogP contribution < -0.4 is 0 Å². The van der Waals surface area contributed by atoms with Crippen molar-refractivity contribution in [3.63, 3.8) is 0 Å². The van der Waals surface area contributed by atoms with Gasteiger partial charge in [0.2, 0.25) is 5.91 Å². The topological polar surface area (TPSA) is 63.7 Å². The van der Waals surface area contributed by atoms with Crippen LogP contribution in [0.2, 0.25) is 0 Å². The molecule has 24 heavy (non-hydrogen) atoms. The summed E-state index contributed by atoms with van der Waals surface area (Å²) >= 11 is 0. The zero-order valence-electron chi connectivity index (χ0n) is 14.4. The molecule has 7 nitrogen and oxygen atoms in total. The molecule has 7 heteroatoms. The van der Waals surface area contributed by atoms with Gasteiger partial charge in [-0.05, 0) is 19.1 Å². The first-order chi connectivity index (χ1) is 11.5. The van der Waals surface area contributed by atoms with E-state index in [0.717, 1.165) is 31.1 Å². The molecule has 0 aliphatic carbocycles. The van der Waals surface area contributed by atoms with Crippen LogP contribution in [0.15, 0.2) is 28.9 Å². The largest absolute Gasteiger partial charge is 0.369 e. The molecule has 1 amide bonds. The van der Waals surface area contributed by atoms with Crippen LogP contribution in [-0.4, -0.2) is 59.3 Å². The minimum atomic E-state index is -0.0199. The van der Waals surface area contributed by atoms with Gasteiger partial charge in [0, 0.05) is 51.7 Å². The third-order valence-electron chi connectivity index (χ3n) is 4.21. The first-order valence-electron chi connectivity index (χ1n) is 8.11. The zero-order valence-corrected chi connectivity index (χ0v) is 14.4. The van der Waals surface area contributed by atoms with E-state index < -0.39 is 0 Å². The number of hydrogen-bond acceptors (Lipinski definition) is 5. The van der Waals surface area contributed by atoms with Gasteiger partial charge in [0.15, 0.2) is 0 Å². The Morgan fingerprint density at radius 1 is 1.50 bits per heavy atom. The van der Waals surface area contributed by atoms with Gasteiger partial charge in [-0.3, -0.25) is 9.69 Å². The van der Waals surface area contributed by atoms with E-state index in [1.165, 1.54) is 5.69 Å². The monoisotopic (exact) mass is 332 g/mol. The second kappa shape index (κ2) is 7.19. The minimum absolute atomic E-state index is 0.0199. The molecule has 1 atom stereocenters. The van der Waals surface area contributed by atoms with Gasteiger partial charge < -0.3 is 18.7 Å². The van der Waals surface area contributed by atoms with Crippen LogP contribution >= 0.6 is 0 Å². The van der Waals surface area contributed by atoms with Crippen molar-refractivity contribution >= 4 is 5.91 Å². The molecule has 0 bridgehead atoms. The molecule has 0 unspecified atom stereocenters. The Morgan fingerprint density at radius 2 is 2.33 bits per heavy atom. The van der Waals surface area contributed by atoms with E-state index in [-0.39, 0.29) is 18.6 Å². The van der Waals surface area contributed by atoms with Crippen molar-refractivity contribution in [1.29, 1.82) is 0 Å². The van der Waals surface area contributed by atoms with Crippen LogP contribution in [0.3, 0.4) is 0 Å². The van der Waals surface area contributed by atoms with E-state index in [1.54, 1.807) is 19.0 Å². The minimum Gasteiger partial charge on any atom is -0.369 e. The first-order valence-corrected chi connectivity index (χ1v) is 8.11. The van der Waals surface area contributed by atoms with Gasteiger partial charge >= 0.3 is 0 Å². The Labute approximate surface area is 141 Å². The molecule has 130 valence electrons. The molecule has 3 heterocycles. The van der Waals surface area contributed by atoms with E-state index in [1.807, 2.05) is 13.0 Å². The lowest BCUT2D eigenvalue weighted by molar-refractivity contribution is -0.134. The molecule has 0 fully saturated rings. The molecule has 3 rings (SSSR count). The Balaban J connectivity index is 1.62. The molecule has 0 aromatic carbocycles. The fraction of sp³-hybridized carbons (Fsp3) is 0.529. The molecule has 0 saturated heterocycles. The number of carbonyl (C=O) groups is 1. The third-order valence-corrected chi connectivity index (χ3v) is 4.21. The van der Waals surface area contributed by atoms with Crippen molar-refractivity contribution in [3.8, 4) is 0 Å². The standard InChI is InChI=1S/C17H24N4O3/c1-13-7-14(18-24-13)8-20-9-15-5-4-6-21(15)16(10-20)11-23-12-17(22)19(2)3/h4-7,16H,8-12H2,1-3H3/t16-/m0/s1. The van der Waals surface area contributed by atoms with Crippen LogP contribution in [-0.2, 0) is 22.6 Å². The predicted molar refractivity (Wildman–Crippen MR) is 88.3 cm³/mol. The highest BCUT2D eigenvalue weighted by Crippen LogP contribution is 2.23. The molecule has 1 aliphatic rings. The number of nitrogens with zero attached hydrogens (tertiary/aromatic N) is 4. The quantitative estimate of drug-likeness (QED) is 0.801. The van der Waals surface area contributed by atoms with Crippen LogP contribution in [0.4, 0.5) is 0 Å². The van der Waals surface area contributed by atoms with Crippen molar-refractivity contribution in [3.05, 3.63) is 41.5 Å². The first kappa shape index (κ1) is 16.7. The molecule has 0 spiro atoms. The SMILES string of the molecule is Cc1cc(CN2Cc3cccn3[C@H](COCC(=O)N(C)C)C2)no1. The van der Waals surface area contributed by atoms with Gasteiger partial charge in [0.1, 0.15) is 12.4 Å². The van der Waals surface area contributed by atoms with E-state index in [4.69, 9.17) is 9.26 Å². The summed E-state index contributed by atoms with van der Waals surface area (Å²) < 4.78 is 13.0. The van der Waals surface area contributed by atoms with E-state index in [9.17, 15) is 4.79 Å². The normalized spacial score (nSPS) is 17.7. The number of likely N-dealkylation sites (N-methyl/N-ethyl adjacent to an activating group) is 1. The van der Waals surface area contributed by atoms with Crippen LogP contribution in [0.1, 0.15) is 23.2 Å². The summed E-state index contributed by atoms with van der Waals surface area (Å²) in [4.78, 5) is 15.5. The van der Waals surface area contributed by atoms with Crippen LogP contribution in [0.25, 0.3) is 0 Å². The Kier molecular flexibility index (Phi) is 5.01. The Morgan fingerprint density at radius 3 is 3.04 bits per heavy atom. The number of aryl methyl sites for hydroxylation is 1. The highest BCUT2D eigenvalue weighted by Gasteiger charge is 2.25. The van der Waals surface area contributed by atoms with E-state index in [0.29, 0.717) is 6.61 Å². The van der Waals surface area contributed by atoms with Gasteiger partial charge in [-0.2, -0.15) is 0 Å². The lowest BCUT2D eigenvalue weighted by atomic mass is 10.2. The second-order valence-corrected chi connectivity index (χ2v) is 6.46. The average molecular weight is 332 g/mol. The highest BCUT2D eigenvalue weighted by atomic mass is 16.5. The number of fused-ring (bicyclic) bond motifs is 1. The molecule has 2 aromatic heterocycles. The second-order valence-electron chi connectivity index (χ2n) is 6.46. The maximum Gasteiger partial charge on any atom is 0.248 e. The van der Waals surface area contributed by atoms with Crippen LogP contribution in [0, 0.1) is 6.92 Å². The third kappa shape index (κ3) is 3.85. The van der Waals surface area contributed by atoms with Crippen molar-refractivity contribution in [2.45, 2.75) is 26.1 Å². The smallest absolute Gasteiger partial charge is 0.248 e. The molecule has 2 aromatic rings.